The maximum atomic E-state index is 13.3. The molecule has 0 saturated heterocycles. The highest BCUT2D eigenvalue weighted by Gasteiger charge is 2.23. The molecule has 0 aromatic heterocycles. The van der Waals surface area contributed by atoms with E-state index in [1.54, 1.807) is 60.7 Å². The van der Waals surface area contributed by atoms with Crippen LogP contribution in [0.2, 0.25) is 0 Å². The fourth-order valence-electron chi connectivity index (χ4n) is 2.87. The summed E-state index contributed by atoms with van der Waals surface area (Å²) in [6, 6.07) is 22.0. The van der Waals surface area contributed by atoms with E-state index in [0.717, 1.165) is 0 Å². The van der Waals surface area contributed by atoms with E-state index in [-0.39, 0.29) is 18.6 Å². The van der Waals surface area contributed by atoms with Crippen molar-refractivity contribution < 1.29 is 28.3 Å². The van der Waals surface area contributed by atoms with E-state index in [9.17, 15) is 18.8 Å². The number of nitrogens with one attached hydrogen (secondary N) is 1. The molecule has 0 unspecified atom stereocenters. The molecule has 0 aliphatic rings. The van der Waals surface area contributed by atoms with Crippen molar-refractivity contribution >= 4 is 17.8 Å². The molecule has 1 amide bonds. The van der Waals surface area contributed by atoms with Crippen LogP contribution in [0.5, 0.6) is 0 Å². The summed E-state index contributed by atoms with van der Waals surface area (Å²) in [6.07, 6.45) is 0.110. The number of amides is 1. The lowest BCUT2D eigenvalue weighted by Crippen LogP contribution is -2.32. The minimum absolute atomic E-state index is 0.0597. The molecule has 31 heavy (non-hydrogen) atoms. The van der Waals surface area contributed by atoms with Gasteiger partial charge >= 0.3 is 11.9 Å². The molecule has 6 nitrogen and oxygen atoms in total. The van der Waals surface area contributed by atoms with Gasteiger partial charge in [0, 0.05) is 0 Å². The maximum Gasteiger partial charge on any atom is 0.362 e. The van der Waals surface area contributed by atoms with Crippen LogP contribution in [-0.4, -0.2) is 24.5 Å². The minimum Gasteiger partial charge on any atom is -0.462 e. The van der Waals surface area contributed by atoms with E-state index in [2.05, 4.69) is 5.48 Å². The van der Waals surface area contributed by atoms with Gasteiger partial charge in [0.05, 0.1) is 23.7 Å². The highest BCUT2D eigenvalue weighted by Crippen LogP contribution is 2.21. The second kappa shape index (κ2) is 10.7. The van der Waals surface area contributed by atoms with Crippen molar-refractivity contribution in [3.63, 3.8) is 0 Å². The van der Waals surface area contributed by atoms with Crippen LogP contribution < -0.4 is 5.48 Å². The van der Waals surface area contributed by atoms with Crippen molar-refractivity contribution in [2.24, 2.45) is 0 Å². The second-order valence-corrected chi connectivity index (χ2v) is 6.62. The van der Waals surface area contributed by atoms with Gasteiger partial charge in [-0.2, -0.15) is 5.48 Å². The van der Waals surface area contributed by atoms with Gasteiger partial charge in [0.2, 0.25) is 0 Å². The van der Waals surface area contributed by atoms with Gasteiger partial charge in [-0.3, -0.25) is 4.79 Å². The molecule has 0 saturated carbocycles. The Balaban J connectivity index is 1.63. The number of ether oxygens (including phenoxy) is 1. The summed E-state index contributed by atoms with van der Waals surface area (Å²) in [6.45, 7) is -0.0597. The SMILES string of the molecule is O=C(OCC[C@@H](C(=O)NOC(=O)c1ccccc1)c1ccc(F)cc1)c1ccccc1. The van der Waals surface area contributed by atoms with Gasteiger partial charge < -0.3 is 9.57 Å². The van der Waals surface area contributed by atoms with Crippen molar-refractivity contribution in [2.75, 3.05) is 6.61 Å². The monoisotopic (exact) mass is 421 g/mol. The lowest BCUT2D eigenvalue weighted by Gasteiger charge is -2.17. The molecule has 7 heteroatoms. The Morgan fingerprint density at radius 1 is 0.774 bits per heavy atom. The number of benzene rings is 3. The molecule has 0 fully saturated rings. The molecule has 158 valence electrons. The van der Waals surface area contributed by atoms with Crippen LogP contribution in [-0.2, 0) is 14.4 Å². The number of hydroxylamine groups is 1. The van der Waals surface area contributed by atoms with Gasteiger partial charge in [0.1, 0.15) is 5.82 Å². The van der Waals surface area contributed by atoms with Gasteiger partial charge in [-0.15, -0.1) is 0 Å². The van der Waals surface area contributed by atoms with E-state index in [4.69, 9.17) is 9.57 Å². The highest BCUT2D eigenvalue weighted by molar-refractivity contribution is 5.91. The molecule has 1 N–H and O–H groups in total. The third kappa shape index (κ3) is 6.24. The lowest BCUT2D eigenvalue weighted by atomic mass is 9.95. The van der Waals surface area contributed by atoms with Gasteiger partial charge in [0.25, 0.3) is 5.91 Å². The third-order valence-corrected chi connectivity index (χ3v) is 4.49. The summed E-state index contributed by atoms with van der Waals surface area (Å²) < 4.78 is 18.5. The largest absolute Gasteiger partial charge is 0.462 e. The van der Waals surface area contributed by atoms with E-state index in [0.29, 0.717) is 11.1 Å². The summed E-state index contributed by atoms with van der Waals surface area (Å²) in [7, 11) is 0. The van der Waals surface area contributed by atoms with Gasteiger partial charge in [-0.1, -0.05) is 48.5 Å². The molecule has 0 heterocycles. The number of hydrogen-bond acceptors (Lipinski definition) is 5. The summed E-state index contributed by atoms with van der Waals surface area (Å²) in [5.41, 5.74) is 3.30. The standard InChI is InChI=1S/C24H20FNO5/c25-20-13-11-17(12-14-20)21(15-16-30-23(28)18-7-3-1-4-8-18)22(27)26-31-24(29)19-9-5-2-6-10-19/h1-14,21H,15-16H2,(H,26,27)/t21-/m1/s1. The van der Waals surface area contributed by atoms with Crippen LogP contribution >= 0.6 is 0 Å². The zero-order valence-electron chi connectivity index (χ0n) is 16.5. The number of hydrogen-bond donors (Lipinski definition) is 1. The Labute approximate surface area is 178 Å². The van der Waals surface area contributed by atoms with Gasteiger partial charge in [0.15, 0.2) is 0 Å². The summed E-state index contributed by atoms with van der Waals surface area (Å²) in [5.74, 6) is -3.13. The Morgan fingerprint density at radius 2 is 1.32 bits per heavy atom. The Morgan fingerprint density at radius 3 is 1.90 bits per heavy atom. The smallest absolute Gasteiger partial charge is 0.362 e. The molecule has 0 bridgehead atoms. The fourth-order valence-corrected chi connectivity index (χ4v) is 2.87. The first-order chi connectivity index (χ1) is 15.0. The molecule has 0 aliphatic carbocycles. The van der Waals surface area contributed by atoms with Crippen molar-refractivity contribution in [2.45, 2.75) is 12.3 Å². The van der Waals surface area contributed by atoms with Crippen molar-refractivity contribution in [3.05, 3.63) is 107 Å². The average Bonchev–Trinajstić information content (AvgIpc) is 2.82. The predicted molar refractivity (Wildman–Crippen MR) is 110 cm³/mol. The van der Waals surface area contributed by atoms with Crippen LogP contribution in [0.1, 0.15) is 38.6 Å². The number of halogens is 1. The van der Waals surface area contributed by atoms with Crippen molar-refractivity contribution in [1.29, 1.82) is 0 Å². The minimum atomic E-state index is -0.826. The summed E-state index contributed by atoms with van der Waals surface area (Å²) >= 11 is 0. The molecule has 3 aromatic carbocycles. The normalized spacial score (nSPS) is 11.3. The molecule has 1 atom stereocenters. The Bertz CT molecular complexity index is 1020. The molecular weight excluding hydrogens is 401 g/mol. The summed E-state index contributed by atoms with van der Waals surface area (Å²) in [4.78, 5) is 41.7. The lowest BCUT2D eigenvalue weighted by molar-refractivity contribution is -0.132. The first-order valence-electron chi connectivity index (χ1n) is 9.58. The van der Waals surface area contributed by atoms with Crippen molar-refractivity contribution in [3.8, 4) is 0 Å². The Kier molecular flexibility index (Phi) is 7.48. The Hall–Kier alpha value is -4.00. The first-order valence-corrected chi connectivity index (χ1v) is 9.58. The zero-order valence-corrected chi connectivity index (χ0v) is 16.5. The van der Waals surface area contributed by atoms with Crippen LogP contribution in [0.15, 0.2) is 84.9 Å². The predicted octanol–water partition coefficient (Wildman–Crippen LogP) is 4.04. The number of rotatable bonds is 7. The van der Waals surface area contributed by atoms with Crippen LogP contribution in [0, 0.1) is 5.82 Å². The fraction of sp³-hybridized carbons (Fsp3) is 0.125. The van der Waals surface area contributed by atoms with Crippen LogP contribution in [0.3, 0.4) is 0 Å². The number of carbonyl (C=O) groups excluding carboxylic acids is 3. The number of carbonyl (C=O) groups is 3. The molecule has 3 rings (SSSR count). The first kappa shape index (κ1) is 21.7. The van der Waals surface area contributed by atoms with Crippen molar-refractivity contribution in [1.82, 2.24) is 5.48 Å². The maximum absolute atomic E-state index is 13.3. The molecule has 3 aromatic rings. The zero-order chi connectivity index (χ0) is 22.1. The van der Waals surface area contributed by atoms with E-state index >= 15 is 0 Å². The third-order valence-electron chi connectivity index (χ3n) is 4.49. The van der Waals surface area contributed by atoms with Gasteiger partial charge in [-0.05, 0) is 48.4 Å². The van der Waals surface area contributed by atoms with E-state index in [1.807, 2.05) is 0 Å². The topological polar surface area (TPSA) is 81.7 Å². The summed E-state index contributed by atoms with van der Waals surface area (Å²) in [5, 5.41) is 0. The number of esters is 1. The molecule has 0 aliphatic heterocycles. The highest BCUT2D eigenvalue weighted by atomic mass is 19.1. The quantitative estimate of drug-likeness (QED) is 0.460. The van der Waals surface area contributed by atoms with Crippen LogP contribution in [0.4, 0.5) is 4.39 Å². The molecule has 0 radical (unpaired) electrons. The van der Waals surface area contributed by atoms with E-state index < -0.39 is 29.6 Å². The van der Waals surface area contributed by atoms with E-state index in [1.165, 1.54) is 24.3 Å². The van der Waals surface area contributed by atoms with Crippen LogP contribution in [0.25, 0.3) is 0 Å². The molecule has 0 spiro atoms. The average molecular weight is 421 g/mol. The second-order valence-electron chi connectivity index (χ2n) is 6.62. The molecular formula is C24H20FNO5. The van der Waals surface area contributed by atoms with Gasteiger partial charge in [-0.25, -0.2) is 14.0 Å².